The molecule has 3 aliphatic rings. The molecule has 3 saturated heterocycles. The van der Waals surface area contributed by atoms with Crippen molar-refractivity contribution in [1.82, 2.24) is 0 Å². The SMILES string of the molecule is CC=C(C)CCC=C(C)CCC=C(C)COC1OC(CO)C(O)C(OC2OC(C)C(O)C(O)C2OC2OC(C)C(O)C(O)C2O)C1O. The molecule has 0 aromatic carbocycles. The maximum Gasteiger partial charge on any atom is 0.187 e. The molecule has 47 heavy (non-hydrogen) atoms. The third-order valence-corrected chi connectivity index (χ3v) is 9.03. The summed E-state index contributed by atoms with van der Waals surface area (Å²) in [6, 6.07) is 0. The van der Waals surface area contributed by atoms with Crippen LogP contribution < -0.4 is 0 Å². The molecule has 0 aromatic heterocycles. The Hall–Kier alpha value is -1.34. The van der Waals surface area contributed by atoms with Gasteiger partial charge < -0.3 is 69.3 Å². The first-order valence-corrected chi connectivity index (χ1v) is 16.4. The van der Waals surface area contributed by atoms with Gasteiger partial charge in [-0.1, -0.05) is 34.9 Å². The Balaban J connectivity index is 1.67. The molecule has 0 radical (unpaired) electrons. The van der Waals surface area contributed by atoms with Gasteiger partial charge in [0.2, 0.25) is 0 Å². The monoisotopic (exact) mass is 676 g/mol. The smallest absolute Gasteiger partial charge is 0.187 e. The zero-order chi connectivity index (χ0) is 35.0. The van der Waals surface area contributed by atoms with E-state index >= 15 is 0 Å². The molecule has 14 nitrogen and oxygen atoms in total. The van der Waals surface area contributed by atoms with Crippen LogP contribution >= 0.6 is 0 Å². The van der Waals surface area contributed by atoms with E-state index in [-0.39, 0.29) is 6.61 Å². The predicted molar refractivity (Wildman–Crippen MR) is 168 cm³/mol. The number of allylic oxidation sites excluding steroid dienone is 5. The number of hydrogen-bond acceptors (Lipinski definition) is 14. The number of hydrogen-bond donors (Lipinski definition) is 8. The Labute approximate surface area is 276 Å². The summed E-state index contributed by atoms with van der Waals surface area (Å²) in [5.41, 5.74) is 3.52. The fourth-order valence-electron chi connectivity index (χ4n) is 5.66. The molecule has 3 aliphatic heterocycles. The van der Waals surface area contributed by atoms with Gasteiger partial charge in [-0.25, -0.2) is 0 Å². The molecule has 0 aromatic rings. The van der Waals surface area contributed by atoms with Crippen molar-refractivity contribution in [2.45, 2.75) is 159 Å². The van der Waals surface area contributed by atoms with E-state index in [0.717, 1.165) is 31.3 Å². The Morgan fingerprint density at radius 2 is 1.15 bits per heavy atom. The molecule has 3 fully saturated rings. The van der Waals surface area contributed by atoms with Crippen LogP contribution in [-0.2, 0) is 28.4 Å². The predicted octanol–water partition coefficient (Wildman–Crippen LogP) is -0.0743. The van der Waals surface area contributed by atoms with Crippen molar-refractivity contribution in [3.05, 3.63) is 34.9 Å². The lowest BCUT2D eigenvalue weighted by Gasteiger charge is -2.48. The molecule has 0 amide bonds. The molecule has 15 unspecified atom stereocenters. The van der Waals surface area contributed by atoms with Gasteiger partial charge in [-0.3, -0.25) is 0 Å². The van der Waals surface area contributed by atoms with Crippen molar-refractivity contribution in [3.8, 4) is 0 Å². The quantitative estimate of drug-likeness (QED) is 0.113. The minimum Gasteiger partial charge on any atom is -0.394 e. The van der Waals surface area contributed by atoms with E-state index < -0.39 is 98.7 Å². The standard InChI is InChI=1S/C33H56O14/c1-7-16(2)10-8-11-17(3)12-9-13-18(4)15-42-31-28(41)29(24(37)21(14-34)45-31)46-33-30(26(39)23(36)20(6)44-33)47-32-27(40)25(38)22(35)19(5)43-32/h7,11,13,19-41H,8-10,12,14-15H2,1-6H3. The van der Waals surface area contributed by atoms with Gasteiger partial charge in [0.15, 0.2) is 18.9 Å². The number of aliphatic hydroxyl groups is 8. The van der Waals surface area contributed by atoms with E-state index in [2.05, 4.69) is 26.0 Å². The summed E-state index contributed by atoms with van der Waals surface area (Å²) in [4.78, 5) is 0. The van der Waals surface area contributed by atoms with Crippen LogP contribution in [0.15, 0.2) is 34.9 Å². The highest BCUT2D eigenvalue weighted by molar-refractivity contribution is 5.06. The normalized spacial score (nSPS) is 42.5. The Kier molecular flexibility index (Phi) is 15.9. The molecular formula is C33H56O14. The zero-order valence-electron chi connectivity index (χ0n) is 28.2. The van der Waals surface area contributed by atoms with Crippen LogP contribution in [0.25, 0.3) is 0 Å². The van der Waals surface area contributed by atoms with E-state index in [1.807, 2.05) is 19.9 Å². The minimum absolute atomic E-state index is 0.0861. The van der Waals surface area contributed by atoms with Crippen LogP contribution in [0.2, 0.25) is 0 Å². The van der Waals surface area contributed by atoms with E-state index in [9.17, 15) is 40.9 Å². The molecule has 0 aliphatic carbocycles. The average molecular weight is 677 g/mol. The van der Waals surface area contributed by atoms with Gasteiger partial charge in [0.1, 0.15) is 61.0 Å². The molecule has 0 bridgehead atoms. The first kappa shape index (κ1) is 40.1. The Morgan fingerprint density at radius 1 is 0.596 bits per heavy atom. The highest BCUT2D eigenvalue weighted by Crippen LogP contribution is 2.33. The van der Waals surface area contributed by atoms with E-state index in [0.29, 0.717) is 0 Å². The maximum atomic E-state index is 11.2. The maximum absolute atomic E-state index is 11.2. The Morgan fingerprint density at radius 3 is 1.77 bits per heavy atom. The third-order valence-electron chi connectivity index (χ3n) is 9.03. The van der Waals surface area contributed by atoms with Gasteiger partial charge in [-0.05, 0) is 67.2 Å². The van der Waals surface area contributed by atoms with E-state index in [1.54, 1.807) is 0 Å². The molecule has 14 heteroatoms. The highest BCUT2D eigenvalue weighted by Gasteiger charge is 2.53. The molecule has 0 saturated carbocycles. The fraction of sp³-hybridized carbons (Fsp3) is 0.818. The first-order chi connectivity index (χ1) is 22.2. The highest BCUT2D eigenvalue weighted by atomic mass is 16.8. The van der Waals surface area contributed by atoms with Crippen LogP contribution in [0, 0.1) is 0 Å². The number of aliphatic hydroxyl groups excluding tert-OH is 8. The molecule has 272 valence electrons. The van der Waals surface area contributed by atoms with E-state index in [4.69, 9.17) is 28.4 Å². The van der Waals surface area contributed by atoms with Gasteiger partial charge in [-0.15, -0.1) is 0 Å². The molecule has 3 rings (SSSR count). The summed E-state index contributed by atoms with van der Waals surface area (Å²) in [5.74, 6) is 0. The van der Waals surface area contributed by atoms with Gasteiger partial charge in [-0.2, -0.15) is 0 Å². The van der Waals surface area contributed by atoms with E-state index in [1.165, 1.54) is 25.0 Å². The average Bonchev–Trinajstić information content (AvgIpc) is 3.04. The van der Waals surface area contributed by atoms with Crippen molar-refractivity contribution in [2.75, 3.05) is 13.2 Å². The van der Waals surface area contributed by atoms with Crippen LogP contribution in [0.3, 0.4) is 0 Å². The summed E-state index contributed by atoms with van der Waals surface area (Å²) in [6.45, 7) is 10.5. The lowest BCUT2D eigenvalue weighted by Crippen LogP contribution is -2.66. The topological polar surface area (TPSA) is 217 Å². The van der Waals surface area contributed by atoms with Crippen LogP contribution in [0.1, 0.15) is 67.2 Å². The van der Waals surface area contributed by atoms with Crippen LogP contribution in [0.5, 0.6) is 0 Å². The summed E-state index contributed by atoms with van der Waals surface area (Å²) in [5, 5.41) is 84.2. The van der Waals surface area contributed by atoms with Crippen molar-refractivity contribution in [2.24, 2.45) is 0 Å². The second kappa shape index (κ2) is 18.6. The minimum atomic E-state index is -1.73. The van der Waals surface area contributed by atoms with Gasteiger partial charge >= 0.3 is 0 Å². The molecule has 15 atom stereocenters. The van der Waals surface area contributed by atoms with Gasteiger partial charge in [0, 0.05) is 0 Å². The number of rotatable bonds is 14. The molecular weight excluding hydrogens is 620 g/mol. The molecule has 0 spiro atoms. The van der Waals surface area contributed by atoms with Crippen molar-refractivity contribution in [1.29, 1.82) is 0 Å². The largest absolute Gasteiger partial charge is 0.394 e. The summed E-state index contributed by atoms with van der Waals surface area (Å²) in [7, 11) is 0. The Bertz CT molecular complexity index is 1050. The van der Waals surface area contributed by atoms with Crippen molar-refractivity contribution in [3.63, 3.8) is 0 Å². The first-order valence-electron chi connectivity index (χ1n) is 16.4. The zero-order valence-corrected chi connectivity index (χ0v) is 28.2. The lowest BCUT2D eigenvalue weighted by molar-refractivity contribution is -0.385. The van der Waals surface area contributed by atoms with Crippen molar-refractivity contribution < 1.29 is 69.3 Å². The second-order valence-corrected chi connectivity index (χ2v) is 12.9. The van der Waals surface area contributed by atoms with Crippen molar-refractivity contribution >= 4 is 0 Å². The van der Waals surface area contributed by atoms with Crippen LogP contribution in [-0.4, -0.2) is 146 Å². The summed E-state index contributed by atoms with van der Waals surface area (Å²) < 4.78 is 34.4. The van der Waals surface area contributed by atoms with Crippen LogP contribution in [0.4, 0.5) is 0 Å². The molecule has 3 heterocycles. The molecule has 8 N–H and O–H groups in total. The third kappa shape index (κ3) is 10.6. The summed E-state index contributed by atoms with van der Waals surface area (Å²) >= 11 is 0. The number of ether oxygens (including phenoxy) is 6. The second-order valence-electron chi connectivity index (χ2n) is 12.9. The van der Waals surface area contributed by atoms with Gasteiger partial charge in [0.25, 0.3) is 0 Å². The summed E-state index contributed by atoms with van der Waals surface area (Å²) in [6.07, 6.45) is -11.6. The van der Waals surface area contributed by atoms with Gasteiger partial charge in [0.05, 0.1) is 25.4 Å². The lowest BCUT2D eigenvalue weighted by atomic mass is 9.96. The fourth-order valence-corrected chi connectivity index (χ4v) is 5.66.